The molecule has 0 fully saturated rings. The Bertz CT molecular complexity index is 1120. The Kier molecular flexibility index (Phi) is 6.13. The van der Waals surface area contributed by atoms with Gasteiger partial charge in [0.1, 0.15) is 19.0 Å². The summed E-state index contributed by atoms with van der Waals surface area (Å²) in [5.74, 6) is 1.10. The number of anilines is 1. The van der Waals surface area contributed by atoms with Crippen molar-refractivity contribution in [3.05, 3.63) is 59.5 Å². The van der Waals surface area contributed by atoms with Gasteiger partial charge in [-0.2, -0.15) is 0 Å². The highest BCUT2D eigenvalue weighted by atomic mass is 32.1. The molecule has 0 atom stereocenters. The van der Waals surface area contributed by atoms with Gasteiger partial charge in [-0.15, -0.1) is 11.3 Å². The lowest BCUT2D eigenvalue weighted by atomic mass is 10.1. The minimum Gasteiger partial charge on any atom is -0.486 e. The molecule has 4 rings (SSSR count). The van der Waals surface area contributed by atoms with E-state index in [0.29, 0.717) is 29.8 Å². The zero-order valence-corrected chi connectivity index (χ0v) is 17.2. The maximum absolute atomic E-state index is 12.2. The molecule has 3 N–H and O–H groups in total. The fourth-order valence-electron chi connectivity index (χ4n) is 2.82. The van der Waals surface area contributed by atoms with E-state index in [4.69, 9.17) is 19.9 Å². The predicted octanol–water partition coefficient (Wildman–Crippen LogP) is 3.10. The molecule has 1 aliphatic heterocycles. The summed E-state index contributed by atoms with van der Waals surface area (Å²) in [6.07, 6.45) is 3.09. The van der Waals surface area contributed by atoms with Gasteiger partial charge >= 0.3 is 0 Å². The fourth-order valence-corrected chi connectivity index (χ4v) is 3.54. The number of carbonyl (C=O) groups excluding carboxylic acids is 2. The number of nitrogens with two attached hydrogens (primary N) is 1. The summed E-state index contributed by atoms with van der Waals surface area (Å²) in [5, 5.41) is 5.12. The van der Waals surface area contributed by atoms with Crippen LogP contribution in [0.5, 0.6) is 17.2 Å². The number of carbonyl (C=O) groups is 2. The Hall–Kier alpha value is -3.85. The van der Waals surface area contributed by atoms with E-state index >= 15 is 0 Å². The van der Waals surface area contributed by atoms with Crippen molar-refractivity contribution in [1.29, 1.82) is 0 Å². The molecule has 31 heavy (non-hydrogen) atoms. The molecule has 1 aliphatic rings. The van der Waals surface area contributed by atoms with Crippen molar-refractivity contribution in [3.8, 4) is 28.5 Å². The SMILES string of the molecule is NC(=O)COc1ccc(/C=C/C(=O)Nc2nc(-c3ccc4c(c3)OCCO4)cs2)cc1. The molecule has 0 bridgehead atoms. The Morgan fingerprint density at radius 1 is 1.13 bits per heavy atom. The minimum atomic E-state index is -0.542. The number of nitrogens with one attached hydrogen (secondary N) is 1. The summed E-state index contributed by atoms with van der Waals surface area (Å²) >= 11 is 1.34. The quantitative estimate of drug-likeness (QED) is 0.549. The first-order valence-corrected chi connectivity index (χ1v) is 10.3. The van der Waals surface area contributed by atoms with Crippen LogP contribution in [0.15, 0.2) is 53.9 Å². The van der Waals surface area contributed by atoms with Gasteiger partial charge in [0.05, 0.1) is 5.69 Å². The molecule has 2 heterocycles. The Balaban J connectivity index is 1.35. The van der Waals surface area contributed by atoms with Crippen LogP contribution in [0.2, 0.25) is 0 Å². The lowest BCUT2D eigenvalue weighted by Crippen LogP contribution is -2.19. The second kappa shape index (κ2) is 9.31. The van der Waals surface area contributed by atoms with E-state index in [9.17, 15) is 9.59 Å². The van der Waals surface area contributed by atoms with Crippen LogP contribution >= 0.6 is 11.3 Å². The molecular weight excluding hydrogens is 418 g/mol. The molecule has 0 radical (unpaired) electrons. The molecule has 9 heteroatoms. The molecule has 0 saturated carbocycles. The summed E-state index contributed by atoms with van der Waals surface area (Å²) < 4.78 is 16.3. The summed E-state index contributed by atoms with van der Waals surface area (Å²) in [6, 6.07) is 12.6. The highest BCUT2D eigenvalue weighted by molar-refractivity contribution is 7.14. The Morgan fingerprint density at radius 3 is 2.68 bits per heavy atom. The lowest BCUT2D eigenvalue weighted by Gasteiger charge is -2.18. The van der Waals surface area contributed by atoms with Gasteiger partial charge in [-0.3, -0.25) is 14.9 Å². The van der Waals surface area contributed by atoms with Gasteiger partial charge in [0.15, 0.2) is 23.2 Å². The first-order valence-electron chi connectivity index (χ1n) is 9.42. The van der Waals surface area contributed by atoms with Crippen LogP contribution in [0.1, 0.15) is 5.56 Å². The number of nitrogens with zero attached hydrogens (tertiary/aromatic N) is 1. The third-order valence-electron chi connectivity index (χ3n) is 4.26. The number of ether oxygens (including phenoxy) is 3. The van der Waals surface area contributed by atoms with E-state index in [0.717, 1.165) is 22.6 Å². The summed E-state index contributed by atoms with van der Waals surface area (Å²) in [6.45, 7) is 0.879. The van der Waals surface area contributed by atoms with Gasteiger partial charge in [0, 0.05) is 17.0 Å². The molecule has 0 unspecified atom stereocenters. The maximum Gasteiger partial charge on any atom is 0.255 e. The molecule has 158 valence electrons. The van der Waals surface area contributed by atoms with Crippen LogP contribution < -0.4 is 25.3 Å². The molecule has 0 spiro atoms. The fraction of sp³-hybridized carbons (Fsp3) is 0.136. The molecule has 2 aromatic carbocycles. The average molecular weight is 437 g/mol. The van der Waals surface area contributed by atoms with Gasteiger partial charge in [-0.25, -0.2) is 4.98 Å². The number of amides is 2. The van der Waals surface area contributed by atoms with E-state index in [1.807, 2.05) is 23.6 Å². The second-order valence-corrected chi connectivity index (χ2v) is 7.40. The van der Waals surface area contributed by atoms with Gasteiger partial charge in [-0.1, -0.05) is 12.1 Å². The van der Waals surface area contributed by atoms with E-state index in [1.165, 1.54) is 17.4 Å². The van der Waals surface area contributed by atoms with E-state index < -0.39 is 5.91 Å². The monoisotopic (exact) mass is 437 g/mol. The van der Waals surface area contributed by atoms with E-state index in [-0.39, 0.29) is 12.5 Å². The van der Waals surface area contributed by atoms with Crippen LogP contribution in [-0.4, -0.2) is 36.6 Å². The van der Waals surface area contributed by atoms with Gasteiger partial charge in [-0.05, 0) is 42.0 Å². The molecule has 0 saturated heterocycles. The van der Waals surface area contributed by atoms with Crippen LogP contribution in [-0.2, 0) is 9.59 Å². The maximum atomic E-state index is 12.2. The van der Waals surface area contributed by atoms with Crippen molar-refractivity contribution in [1.82, 2.24) is 4.98 Å². The van der Waals surface area contributed by atoms with Crippen LogP contribution in [0, 0.1) is 0 Å². The second-order valence-electron chi connectivity index (χ2n) is 6.54. The van der Waals surface area contributed by atoms with Gasteiger partial charge in [0.2, 0.25) is 5.91 Å². The summed E-state index contributed by atoms with van der Waals surface area (Å²) in [7, 11) is 0. The molecule has 3 aromatic rings. The smallest absolute Gasteiger partial charge is 0.255 e. The number of thiazole rings is 1. The van der Waals surface area contributed by atoms with Crippen molar-refractivity contribution in [2.45, 2.75) is 0 Å². The number of hydrogen-bond donors (Lipinski definition) is 2. The van der Waals surface area contributed by atoms with E-state index in [1.54, 1.807) is 30.3 Å². The molecule has 0 aliphatic carbocycles. The highest BCUT2D eigenvalue weighted by Crippen LogP contribution is 2.35. The predicted molar refractivity (Wildman–Crippen MR) is 117 cm³/mol. The van der Waals surface area contributed by atoms with Crippen LogP contribution in [0.4, 0.5) is 5.13 Å². The average Bonchev–Trinajstić information content (AvgIpc) is 3.25. The van der Waals surface area contributed by atoms with Crippen LogP contribution in [0.3, 0.4) is 0 Å². The van der Waals surface area contributed by atoms with Crippen LogP contribution in [0.25, 0.3) is 17.3 Å². The number of rotatable bonds is 7. The number of aromatic nitrogens is 1. The number of primary amides is 1. The standard InChI is InChI=1S/C22H19N3O5S/c23-20(26)12-30-16-5-1-14(2-6-16)3-8-21(27)25-22-24-17(13-31-22)15-4-7-18-19(11-15)29-10-9-28-18/h1-8,11,13H,9-10,12H2,(H2,23,26)(H,24,25,27)/b8-3+. The summed E-state index contributed by atoms with van der Waals surface area (Å²) in [4.78, 5) is 27.4. The molecular formula is C22H19N3O5S. The molecule has 1 aromatic heterocycles. The third kappa shape index (κ3) is 5.40. The van der Waals surface area contributed by atoms with Crippen molar-refractivity contribution in [2.24, 2.45) is 5.73 Å². The van der Waals surface area contributed by atoms with Crippen molar-refractivity contribution in [2.75, 3.05) is 25.1 Å². The number of benzene rings is 2. The topological polar surface area (TPSA) is 113 Å². The lowest BCUT2D eigenvalue weighted by molar-refractivity contribution is -0.120. The summed E-state index contributed by atoms with van der Waals surface area (Å²) in [5.41, 5.74) is 7.47. The first kappa shape index (κ1) is 20.4. The first-order chi connectivity index (χ1) is 15.1. The molecule has 8 nitrogen and oxygen atoms in total. The Morgan fingerprint density at radius 2 is 1.90 bits per heavy atom. The van der Waals surface area contributed by atoms with E-state index in [2.05, 4.69) is 10.3 Å². The third-order valence-corrected chi connectivity index (χ3v) is 5.02. The zero-order valence-electron chi connectivity index (χ0n) is 16.4. The highest BCUT2D eigenvalue weighted by Gasteiger charge is 2.14. The Labute approximate surface area is 182 Å². The number of fused-ring (bicyclic) bond motifs is 1. The van der Waals surface area contributed by atoms with Crippen molar-refractivity contribution < 1.29 is 23.8 Å². The van der Waals surface area contributed by atoms with Crippen molar-refractivity contribution >= 4 is 34.4 Å². The normalized spacial score (nSPS) is 12.5. The zero-order chi connectivity index (χ0) is 21.6. The van der Waals surface area contributed by atoms with Crippen molar-refractivity contribution in [3.63, 3.8) is 0 Å². The van der Waals surface area contributed by atoms with Gasteiger partial charge in [0.25, 0.3) is 5.91 Å². The number of hydrogen-bond acceptors (Lipinski definition) is 7. The molecule has 2 amide bonds. The van der Waals surface area contributed by atoms with Gasteiger partial charge < -0.3 is 19.9 Å². The largest absolute Gasteiger partial charge is 0.486 e. The minimum absolute atomic E-state index is 0.181.